The van der Waals surface area contributed by atoms with Gasteiger partial charge in [0.1, 0.15) is 12.3 Å². The van der Waals surface area contributed by atoms with E-state index in [1.807, 2.05) is 24.9 Å². The van der Waals surface area contributed by atoms with E-state index in [0.717, 1.165) is 11.1 Å². The number of piperazine rings is 1. The highest BCUT2D eigenvalue weighted by Gasteiger charge is 2.57. The van der Waals surface area contributed by atoms with Gasteiger partial charge in [0.2, 0.25) is 17.6 Å². The molecule has 6 atom stereocenters. The van der Waals surface area contributed by atoms with Crippen LogP contribution in [0.4, 0.5) is 0 Å². The Hall–Kier alpha value is -3.74. The number of aryl methyl sites for hydroxylation is 1. The Bertz CT molecular complexity index is 1450. The Morgan fingerprint density at radius 2 is 1.81 bits per heavy atom. The molecule has 2 amide bonds. The first-order valence-corrected chi connectivity index (χ1v) is 14.0. The molecular formula is C30H38N4O8. The van der Waals surface area contributed by atoms with Crippen molar-refractivity contribution in [3.05, 3.63) is 45.2 Å². The number of hydrogen-bond donors (Lipinski definition) is 4. The lowest BCUT2D eigenvalue weighted by Crippen LogP contribution is -2.71. The summed E-state index contributed by atoms with van der Waals surface area (Å²) in [5.74, 6) is -1.33. The van der Waals surface area contributed by atoms with Gasteiger partial charge >= 0.3 is 0 Å². The molecule has 5 rings (SSSR count). The molecule has 0 radical (unpaired) electrons. The molecule has 3 heterocycles. The van der Waals surface area contributed by atoms with Crippen LogP contribution in [-0.2, 0) is 30.3 Å². The molecule has 0 saturated carbocycles. The Kier molecular flexibility index (Phi) is 7.67. The molecule has 4 aliphatic rings. The summed E-state index contributed by atoms with van der Waals surface area (Å²) in [6.07, 6.45) is -0.515. The number of rotatable bonds is 6. The highest BCUT2D eigenvalue weighted by Crippen LogP contribution is 2.53. The van der Waals surface area contributed by atoms with Crippen LogP contribution in [0.15, 0.2) is 28.5 Å². The zero-order chi connectivity index (χ0) is 30.8. The smallest absolute Gasteiger partial charge is 0.242 e. The van der Waals surface area contributed by atoms with Crippen LogP contribution in [0.3, 0.4) is 0 Å². The first-order valence-electron chi connectivity index (χ1n) is 14.0. The predicted molar refractivity (Wildman–Crippen MR) is 150 cm³/mol. The number of allylic oxidation sites excluding steroid dienone is 2. The predicted octanol–water partition coefficient (Wildman–Crippen LogP) is 0.391. The van der Waals surface area contributed by atoms with Crippen molar-refractivity contribution >= 4 is 23.4 Å². The van der Waals surface area contributed by atoms with Crippen LogP contribution in [0, 0.1) is 6.92 Å². The SMILES string of the molecule is COC1=C(C)C(=O)C2=C(C1=O)[C@H](CNC(=O)[C@H](C)NC(C)=O)N1C(C2)C2c3c(cc(C)c(OC)c3O)CC([C@H]1O)N2C. The molecule has 226 valence electrons. The van der Waals surface area contributed by atoms with Gasteiger partial charge in [-0.15, -0.1) is 0 Å². The van der Waals surface area contributed by atoms with E-state index in [2.05, 4.69) is 10.6 Å². The number of benzene rings is 1. The number of methoxy groups -OCH3 is 2. The standard InChI is InChI=1S/C30H38N4O8/c1-12-8-16-9-19-30(40)34-18(23(33(19)5)21(16)25(37)27(12)41-6)10-17-22(26(38)28(42-7)13(2)24(17)36)20(34)11-31-29(39)14(3)32-15(4)35/h8,14,18-20,23,30,37,40H,9-11H2,1-7H3,(H,31,39)(H,32,35)/t14-,18?,19?,20-,23?,30+/m0/s1. The van der Waals surface area contributed by atoms with Gasteiger partial charge < -0.3 is 30.3 Å². The zero-order valence-electron chi connectivity index (χ0n) is 24.9. The first kappa shape index (κ1) is 29.7. The summed E-state index contributed by atoms with van der Waals surface area (Å²) in [6.45, 7) is 6.14. The summed E-state index contributed by atoms with van der Waals surface area (Å²) in [6, 6.07) is -1.17. The Balaban J connectivity index is 1.64. The molecule has 4 N–H and O–H groups in total. The summed E-state index contributed by atoms with van der Waals surface area (Å²) in [5, 5.41) is 28.7. The molecule has 1 aromatic carbocycles. The van der Waals surface area contributed by atoms with Crippen LogP contribution >= 0.6 is 0 Å². The van der Waals surface area contributed by atoms with Crippen molar-refractivity contribution in [3.63, 3.8) is 0 Å². The molecule has 2 bridgehead atoms. The van der Waals surface area contributed by atoms with Gasteiger partial charge in [-0.2, -0.15) is 0 Å². The normalized spacial score (nSPS) is 28.0. The Morgan fingerprint density at radius 3 is 2.43 bits per heavy atom. The number of likely N-dealkylation sites (N-methyl/N-ethyl adjacent to an activating group) is 1. The quantitative estimate of drug-likeness (QED) is 0.346. The second-order valence-electron chi connectivity index (χ2n) is 11.6. The van der Waals surface area contributed by atoms with Crippen LogP contribution < -0.4 is 15.4 Å². The maximum atomic E-state index is 13.8. The molecule has 1 saturated heterocycles. The third-order valence-corrected chi connectivity index (χ3v) is 9.18. The summed E-state index contributed by atoms with van der Waals surface area (Å²) in [7, 11) is 4.70. The number of nitrogens with zero attached hydrogens (tertiary/aromatic N) is 2. The maximum Gasteiger partial charge on any atom is 0.242 e. The Labute approximate surface area is 244 Å². The van der Waals surface area contributed by atoms with E-state index in [1.165, 1.54) is 21.1 Å². The van der Waals surface area contributed by atoms with E-state index >= 15 is 0 Å². The van der Waals surface area contributed by atoms with Gasteiger partial charge in [0, 0.05) is 41.8 Å². The second-order valence-corrected chi connectivity index (χ2v) is 11.6. The van der Waals surface area contributed by atoms with Crippen molar-refractivity contribution in [3.8, 4) is 11.5 Å². The minimum atomic E-state index is -1.07. The number of carbonyl (C=O) groups is 4. The lowest BCUT2D eigenvalue weighted by Gasteiger charge is -2.60. The van der Waals surface area contributed by atoms with Crippen molar-refractivity contribution in [1.82, 2.24) is 20.4 Å². The average molecular weight is 583 g/mol. The number of fused-ring (bicyclic) bond motifs is 6. The third kappa shape index (κ3) is 4.40. The van der Waals surface area contributed by atoms with Crippen molar-refractivity contribution in [2.45, 2.75) is 77.0 Å². The molecule has 1 aliphatic carbocycles. The van der Waals surface area contributed by atoms with E-state index in [4.69, 9.17) is 9.47 Å². The van der Waals surface area contributed by atoms with Crippen LogP contribution in [0.5, 0.6) is 11.5 Å². The minimum absolute atomic E-state index is 0.0108. The number of ketones is 2. The molecule has 0 spiro atoms. The number of Topliss-reactive ketones (excluding diaryl/α,β-unsaturated/α-hetero) is 2. The van der Waals surface area contributed by atoms with Gasteiger partial charge in [0.15, 0.2) is 23.0 Å². The first-order chi connectivity index (χ1) is 19.8. The van der Waals surface area contributed by atoms with Gasteiger partial charge in [-0.1, -0.05) is 6.07 Å². The molecule has 12 nitrogen and oxygen atoms in total. The molecule has 3 unspecified atom stereocenters. The molecule has 1 fully saturated rings. The zero-order valence-corrected chi connectivity index (χ0v) is 24.9. The largest absolute Gasteiger partial charge is 0.504 e. The van der Waals surface area contributed by atoms with Crippen molar-refractivity contribution in [2.75, 3.05) is 27.8 Å². The number of hydrogen-bond acceptors (Lipinski definition) is 10. The molecule has 0 aromatic heterocycles. The number of phenols is 1. The van der Waals surface area contributed by atoms with E-state index in [1.54, 1.807) is 18.7 Å². The number of aliphatic hydroxyl groups is 1. The number of aromatic hydroxyl groups is 1. The number of ether oxygens (including phenoxy) is 2. The number of carbonyl (C=O) groups excluding carboxylic acids is 4. The summed E-state index contributed by atoms with van der Waals surface area (Å²) in [4.78, 5) is 55.8. The highest BCUT2D eigenvalue weighted by molar-refractivity contribution is 6.25. The van der Waals surface area contributed by atoms with Gasteiger partial charge in [0.25, 0.3) is 0 Å². The molecule has 42 heavy (non-hydrogen) atoms. The van der Waals surface area contributed by atoms with Crippen molar-refractivity contribution in [1.29, 1.82) is 0 Å². The number of aliphatic hydroxyl groups excluding tert-OH is 1. The fourth-order valence-corrected chi connectivity index (χ4v) is 7.34. The molecular weight excluding hydrogens is 544 g/mol. The molecule has 12 heteroatoms. The van der Waals surface area contributed by atoms with Crippen LogP contribution in [0.1, 0.15) is 49.9 Å². The topological polar surface area (TPSA) is 158 Å². The van der Waals surface area contributed by atoms with E-state index < -0.39 is 48.1 Å². The number of phenolic OH excluding ortho intramolecular Hbond substituents is 1. The minimum Gasteiger partial charge on any atom is -0.504 e. The van der Waals surface area contributed by atoms with E-state index in [-0.39, 0.29) is 47.3 Å². The fraction of sp³-hybridized carbons (Fsp3) is 0.533. The molecule has 3 aliphatic heterocycles. The van der Waals surface area contributed by atoms with E-state index in [9.17, 15) is 29.4 Å². The maximum absolute atomic E-state index is 13.8. The van der Waals surface area contributed by atoms with Gasteiger partial charge in [-0.05, 0) is 51.8 Å². The molecule has 1 aromatic rings. The van der Waals surface area contributed by atoms with Gasteiger partial charge in [-0.3, -0.25) is 29.0 Å². The summed E-state index contributed by atoms with van der Waals surface area (Å²) >= 11 is 0. The van der Waals surface area contributed by atoms with Crippen LogP contribution in [0.25, 0.3) is 0 Å². The second kappa shape index (κ2) is 10.8. The van der Waals surface area contributed by atoms with Crippen molar-refractivity contribution in [2.24, 2.45) is 0 Å². The van der Waals surface area contributed by atoms with Crippen LogP contribution in [0.2, 0.25) is 0 Å². The van der Waals surface area contributed by atoms with Crippen molar-refractivity contribution < 1.29 is 38.9 Å². The van der Waals surface area contributed by atoms with Crippen LogP contribution in [-0.4, -0.2) is 102 Å². The van der Waals surface area contributed by atoms with Gasteiger partial charge in [-0.25, -0.2) is 0 Å². The number of nitrogens with one attached hydrogen (secondary N) is 2. The monoisotopic (exact) mass is 582 g/mol. The lowest BCUT2D eigenvalue weighted by molar-refractivity contribution is -0.167. The lowest BCUT2D eigenvalue weighted by atomic mass is 9.71. The average Bonchev–Trinajstić information content (AvgIpc) is 2.93. The Morgan fingerprint density at radius 1 is 1.12 bits per heavy atom. The van der Waals surface area contributed by atoms with Gasteiger partial charge in [0.05, 0.1) is 32.3 Å². The highest BCUT2D eigenvalue weighted by atomic mass is 16.5. The third-order valence-electron chi connectivity index (χ3n) is 9.18. The summed E-state index contributed by atoms with van der Waals surface area (Å²) < 4.78 is 10.9. The van der Waals surface area contributed by atoms with E-state index in [0.29, 0.717) is 23.3 Å². The number of amides is 2. The summed E-state index contributed by atoms with van der Waals surface area (Å²) in [5.41, 5.74) is 2.99. The fourth-order valence-electron chi connectivity index (χ4n) is 7.34.